The summed E-state index contributed by atoms with van der Waals surface area (Å²) in [6.07, 6.45) is 7.53. The first-order valence-corrected chi connectivity index (χ1v) is 11.0. The van der Waals surface area contributed by atoms with Gasteiger partial charge in [0.25, 0.3) is 11.8 Å². The van der Waals surface area contributed by atoms with Crippen LogP contribution in [0.15, 0.2) is 33.9 Å². The van der Waals surface area contributed by atoms with Crippen LogP contribution >= 0.6 is 15.9 Å². The number of amides is 2. The highest BCUT2D eigenvalue weighted by Crippen LogP contribution is 2.52. The number of hydrogen-bond acceptors (Lipinski definition) is 5. The summed E-state index contributed by atoms with van der Waals surface area (Å²) in [5.74, 6) is 0.736. The quantitative estimate of drug-likeness (QED) is 0.347. The fourth-order valence-corrected chi connectivity index (χ4v) is 4.86. The van der Waals surface area contributed by atoms with E-state index in [4.69, 9.17) is 9.47 Å². The standard InChI is InChI=1S/C22H25BrN2O4/c1-4-12(3)29-18-10-16(23)15(9-17(18)28-5-2)11-24-25-21(26)19-13-6-7-14(8-13)20(19)22(25)27/h6-7,9-14,19-20H,4-5,8H2,1-3H3/t12-,13+,14+,19-,20+/m1/s1. The van der Waals surface area contributed by atoms with Crippen molar-refractivity contribution in [1.29, 1.82) is 0 Å². The molecule has 154 valence electrons. The fraction of sp³-hybridized carbons (Fsp3) is 0.500. The Hall–Kier alpha value is -2.15. The molecule has 6 nitrogen and oxygen atoms in total. The van der Waals surface area contributed by atoms with Crippen LogP contribution in [0.2, 0.25) is 0 Å². The largest absolute Gasteiger partial charge is 0.490 e. The second kappa shape index (κ2) is 7.94. The van der Waals surface area contributed by atoms with Crippen molar-refractivity contribution in [3.8, 4) is 11.5 Å². The van der Waals surface area contributed by atoms with Gasteiger partial charge in [0.05, 0.1) is 30.8 Å². The van der Waals surface area contributed by atoms with Crippen LogP contribution in [0.3, 0.4) is 0 Å². The Morgan fingerprint density at radius 2 is 1.83 bits per heavy atom. The fourth-order valence-electron chi connectivity index (χ4n) is 4.43. The summed E-state index contributed by atoms with van der Waals surface area (Å²) in [7, 11) is 0. The molecule has 1 aromatic carbocycles. The maximum Gasteiger partial charge on any atom is 0.254 e. The van der Waals surface area contributed by atoms with Gasteiger partial charge in [-0.05, 0) is 66.6 Å². The van der Waals surface area contributed by atoms with Gasteiger partial charge in [0.1, 0.15) is 0 Å². The summed E-state index contributed by atoms with van der Waals surface area (Å²) >= 11 is 3.54. The monoisotopic (exact) mass is 460 g/mol. The number of carbonyl (C=O) groups excluding carboxylic acids is 2. The molecule has 1 aromatic rings. The predicted octanol–water partition coefficient (Wildman–Crippen LogP) is 4.17. The van der Waals surface area contributed by atoms with Crippen molar-refractivity contribution in [1.82, 2.24) is 5.01 Å². The molecular formula is C22H25BrN2O4. The molecule has 0 aromatic heterocycles. The highest BCUT2D eigenvalue weighted by molar-refractivity contribution is 9.10. The lowest BCUT2D eigenvalue weighted by atomic mass is 9.85. The number of imide groups is 1. The number of carbonyl (C=O) groups is 2. The average Bonchev–Trinajstić information content (AvgIpc) is 3.37. The number of rotatable bonds is 7. The molecule has 5 atom stereocenters. The number of ether oxygens (including phenoxy) is 2. The van der Waals surface area contributed by atoms with E-state index in [1.807, 2.05) is 26.0 Å². The van der Waals surface area contributed by atoms with Crippen molar-refractivity contribution in [2.45, 2.75) is 39.7 Å². The molecule has 7 heteroatoms. The minimum atomic E-state index is -0.247. The first-order valence-electron chi connectivity index (χ1n) is 10.2. The van der Waals surface area contributed by atoms with E-state index in [0.29, 0.717) is 23.7 Å². The zero-order valence-corrected chi connectivity index (χ0v) is 18.4. The topological polar surface area (TPSA) is 68.2 Å². The smallest absolute Gasteiger partial charge is 0.254 e. The van der Waals surface area contributed by atoms with Gasteiger partial charge in [-0.3, -0.25) is 9.59 Å². The van der Waals surface area contributed by atoms with E-state index < -0.39 is 0 Å². The van der Waals surface area contributed by atoms with Crippen LogP contribution in [-0.2, 0) is 9.59 Å². The number of hydrogen-bond donors (Lipinski definition) is 0. The molecule has 0 unspecified atom stereocenters. The molecule has 29 heavy (non-hydrogen) atoms. The lowest BCUT2D eigenvalue weighted by molar-refractivity contribution is -0.140. The van der Waals surface area contributed by atoms with Crippen LogP contribution in [0.1, 0.15) is 39.2 Å². The maximum absolute atomic E-state index is 12.8. The molecule has 2 aliphatic carbocycles. The van der Waals surface area contributed by atoms with Crippen molar-refractivity contribution in [2.24, 2.45) is 28.8 Å². The Labute approximate surface area is 179 Å². The van der Waals surface area contributed by atoms with Crippen molar-refractivity contribution >= 4 is 34.0 Å². The molecule has 1 saturated heterocycles. The molecule has 1 saturated carbocycles. The van der Waals surface area contributed by atoms with Gasteiger partial charge in [0.15, 0.2) is 11.5 Å². The van der Waals surface area contributed by atoms with Crippen molar-refractivity contribution in [3.63, 3.8) is 0 Å². The molecule has 3 aliphatic rings. The van der Waals surface area contributed by atoms with Crippen LogP contribution in [-0.4, -0.2) is 35.7 Å². The Morgan fingerprint density at radius 3 is 2.41 bits per heavy atom. The molecule has 4 rings (SSSR count). The molecule has 0 N–H and O–H groups in total. The van der Waals surface area contributed by atoms with Crippen molar-refractivity contribution in [2.75, 3.05) is 6.61 Å². The Bertz CT molecular complexity index is 867. The SMILES string of the molecule is CCOc1cc(C=NN2C(=O)[C@@H]3[C@H](C2=O)[C@H]2C=C[C@H]3C2)c(Br)cc1O[C@H](C)CC. The van der Waals surface area contributed by atoms with Gasteiger partial charge in [-0.25, -0.2) is 0 Å². The minimum Gasteiger partial charge on any atom is -0.490 e. The van der Waals surface area contributed by atoms with Crippen LogP contribution < -0.4 is 9.47 Å². The molecule has 0 radical (unpaired) electrons. The second-order valence-corrected chi connectivity index (χ2v) is 8.68. The van der Waals surface area contributed by atoms with Gasteiger partial charge in [-0.2, -0.15) is 10.1 Å². The van der Waals surface area contributed by atoms with Gasteiger partial charge < -0.3 is 9.47 Å². The lowest BCUT2D eigenvalue weighted by Gasteiger charge is -2.17. The number of hydrazone groups is 1. The number of benzene rings is 1. The molecule has 2 bridgehead atoms. The Balaban J connectivity index is 1.57. The van der Waals surface area contributed by atoms with Crippen LogP contribution in [0.25, 0.3) is 0 Å². The van der Waals surface area contributed by atoms with Crippen LogP contribution in [0, 0.1) is 23.7 Å². The summed E-state index contributed by atoms with van der Waals surface area (Å²) in [4.78, 5) is 25.5. The molecular weight excluding hydrogens is 436 g/mol. The first kappa shape index (κ1) is 20.1. The van der Waals surface area contributed by atoms with E-state index in [1.54, 1.807) is 0 Å². The van der Waals surface area contributed by atoms with Gasteiger partial charge in [0.2, 0.25) is 0 Å². The molecule has 0 spiro atoms. The summed E-state index contributed by atoms with van der Waals surface area (Å²) in [5, 5.41) is 5.31. The number of allylic oxidation sites excluding steroid dienone is 2. The third kappa shape index (κ3) is 3.50. The van der Waals surface area contributed by atoms with Gasteiger partial charge in [-0.1, -0.05) is 19.1 Å². The van der Waals surface area contributed by atoms with Crippen molar-refractivity contribution < 1.29 is 19.1 Å². The zero-order chi connectivity index (χ0) is 20.7. The molecule has 2 fully saturated rings. The van der Waals surface area contributed by atoms with Gasteiger partial charge in [0, 0.05) is 10.0 Å². The zero-order valence-electron chi connectivity index (χ0n) is 16.8. The third-order valence-electron chi connectivity index (χ3n) is 6.03. The van der Waals surface area contributed by atoms with Crippen molar-refractivity contribution in [3.05, 3.63) is 34.3 Å². The van der Waals surface area contributed by atoms with E-state index in [9.17, 15) is 9.59 Å². The molecule has 1 aliphatic heterocycles. The van der Waals surface area contributed by atoms with E-state index >= 15 is 0 Å². The summed E-state index contributed by atoms with van der Waals surface area (Å²) < 4.78 is 12.4. The van der Waals surface area contributed by atoms with E-state index in [-0.39, 0.29) is 41.6 Å². The Morgan fingerprint density at radius 1 is 1.17 bits per heavy atom. The van der Waals surface area contributed by atoms with Gasteiger partial charge in [-0.15, -0.1) is 0 Å². The van der Waals surface area contributed by atoms with E-state index in [1.165, 1.54) is 6.21 Å². The average molecular weight is 461 g/mol. The molecule has 2 amide bonds. The minimum absolute atomic E-state index is 0.0591. The maximum atomic E-state index is 12.8. The second-order valence-electron chi connectivity index (χ2n) is 7.82. The lowest BCUT2D eigenvalue weighted by Crippen LogP contribution is -2.28. The van der Waals surface area contributed by atoms with E-state index in [0.717, 1.165) is 22.3 Å². The van der Waals surface area contributed by atoms with Crippen LogP contribution in [0.4, 0.5) is 0 Å². The molecule has 1 heterocycles. The van der Waals surface area contributed by atoms with E-state index in [2.05, 4.69) is 40.1 Å². The number of fused-ring (bicyclic) bond motifs is 5. The van der Waals surface area contributed by atoms with Crippen LogP contribution in [0.5, 0.6) is 11.5 Å². The number of halogens is 1. The predicted molar refractivity (Wildman–Crippen MR) is 113 cm³/mol. The highest BCUT2D eigenvalue weighted by Gasteiger charge is 2.59. The summed E-state index contributed by atoms with van der Waals surface area (Å²) in [5.41, 5.74) is 0.712. The highest BCUT2D eigenvalue weighted by atomic mass is 79.9. The normalized spacial score (nSPS) is 28.5. The third-order valence-corrected chi connectivity index (χ3v) is 6.71. The summed E-state index contributed by atoms with van der Waals surface area (Å²) in [6.45, 7) is 6.47. The summed E-state index contributed by atoms with van der Waals surface area (Å²) in [6, 6.07) is 3.65. The van der Waals surface area contributed by atoms with Gasteiger partial charge >= 0.3 is 0 Å². The Kier molecular flexibility index (Phi) is 5.51. The number of nitrogens with zero attached hydrogens (tertiary/aromatic N) is 2. The first-order chi connectivity index (χ1) is 13.9.